The molecule has 9 heteroatoms. The number of ether oxygens (including phenoxy) is 1. The van der Waals surface area contributed by atoms with Gasteiger partial charge in [-0.2, -0.15) is 18.3 Å². The van der Waals surface area contributed by atoms with E-state index in [-0.39, 0.29) is 10.7 Å². The van der Waals surface area contributed by atoms with Crippen molar-refractivity contribution in [3.05, 3.63) is 35.4 Å². The van der Waals surface area contributed by atoms with Crippen LogP contribution in [-0.2, 0) is 10.9 Å². The van der Waals surface area contributed by atoms with Crippen LogP contribution >= 0.6 is 12.2 Å². The number of quaternary nitrogens is 1. The molecule has 5 nitrogen and oxygen atoms in total. The molecule has 0 unspecified atom stereocenters. The first-order valence-corrected chi connectivity index (χ1v) is 8.52. The molecule has 1 heterocycles. The van der Waals surface area contributed by atoms with Crippen LogP contribution in [0.4, 0.5) is 13.2 Å². The van der Waals surface area contributed by atoms with E-state index in [1.807, 2.05) is 0 Å². The second-order valence-corrected chi connectivity index (χ2v) is 6.09. The molecule has 1 aliphatic heterocycles. The molecule has 25 heavy (non-hydrogen) atoms. The summed E-state index contributed by atoms with van der Waals surface area (Å²) in [6.45, 7) is 5.36. The Labute approximate surface area is 150 Å². The quantitative estimate of drug-likeness (QED) is 0.298. The minimum Gasteiger partial charge on any atom is -0.370 e. The van der Waals surface area contributed by atoms with E-state index in [1.165, 1.54) is 23.1 Å². The summed E-state index contributed by atoms with van der Waals surface area (Å²) in [4.78, 5) is 1.51. The Balaban J connectivity index is 1.70. The zero-order valence-electron chi connectivity index (χ0n) is 13.7. The molecule has 1 aromatic carbocycles. The molecule has 0 amide bonds. The first-order valence-electron chi connectivity index (χ1n) is 8.11. The maximum Gasteiger partial charge on any atom is 0.417 e. The number of nitrogens with one attached hydrogen (secondary N) is 3. The third kappa shape index (κ3) is 6.97. The van der Waals surface area contributed by atoms with Crippen molar-refractivity contribution in [3.8, 4) is 0 Å². The zero-order valence-corrected chi connectivity index (χ0v) is 14.6. The molecule has 0 aliphatic carbocycles. The highest BCUT2D eigenvalue weighted by molar-refractivity contribution is 7.80. The molecule has 1 aromatic rings. The van der Waals surface area contributed by atoms with Crippen molar-refractivity contribution in [3.63, 3.8) is 0 Å². The Kier molecular flexibility index (Phi) is 7.60. The van der Waals surface area contributed by atoms with Crippen molar-refractivity contribution in [2.45, 2.75) is 12.6 Å². The van der Waals surface area contributed by atoms with Crippen molar-refractivity contribution >= 4 is 23.5 Å². The summed E-state index contributed by atoms with van der Waals surface area (Å²) in [6, 6.07) is 5.25. The lowest BCUT2D eigenvalue weighted by Crippen LogP contribution is -3.14. The lowest BCUT2D eigenvalue weighted by atomic mass is 10.1. The van der Waals surface area contributed by atoms with Crippen molar-refractivity contribution < 1.29 is 22.8 Å². The monoisotopic (exact) mass is 375 g/mol. The van der Waals surface area contributed by atoms with Crippen LogP contribution in [0.15, 0.2) is 29.4 Å². The molecule has 1 aliphatic rings. The Morgan fingerprint density at radius 3 is 2.72 bits per heavy atom. The van der Waals surface area contributed by atoms with Crippen LogP contribution in [-0.4, -0.2) is 50.7 Å². The zero-order chi connectivity index (χ0) is 18.1. The highest BCUT2D eigenvalue weighted by Crippen LogP contribution is 2.30. The summed E-state index contributed by atoms with van der Waals surface area (Å²) in [5.74, 6) is 0. The van der Waals surface area contributed by atoms with Crippen LogP contribution in [0.2, 0.25) is 0 Å². The summed E-state index contributed by atoms with van der Waals surface area (Å²) < 4.78 is 43.9. The first kappa shape index (κ1) is 19.6. The van der Waals surface area contributed by atoms with Gasteiger partial charge in [0.2, 0.25) is 0 Å². The highest BCUT2D eigenvalue weighted by Gasteiger charge is 2.32. The summed E-state index contributed by atoms with van der Waals surface area (Å²) in [5, 5.41) is 7.07. The van der Waals surface area contributed by atoms with Gasteiger partial charge in [-0.05, 0) is 18.3 Å². The molecular weight excluding hydrogens is 353 g/mol. The molecule has 138 valence electrons. The van der Waals surface area contributed by atoms with Crippen molar-refractivity contribution in [1.82, 2.24) is 10.7 Å². The fourth-order valence-electron chi connectivity index (χ4n) is 2.52. The van der Waals surface area contributed by atoms with Crippen molar-refractivity contribution in [1.29, 1.82) is 0 Å². The van der Waals surface area contributed by atoms with Gasteiger partial charge in [0.25, 0.3) is 0 Å². The maximum absolute atomic E-state index is 12.9. The van der Waals surface area contributed by atoms with Gasteiger partial charge in [0.1, 0.15) is 13.1 Å². The number of alkyl halides is 3. The molecule has 0 saturated carbocycles. The number of rotatable bonds is 6. The minimum atomic E-state index is -4.41. The molecule has 1 fully saturated rings. The van der Waals surface area contributed by atoms with Crippen LogP contribution < -0.4 is 15.6 Å². The maximum atomic E-state index is 12.9. The minimum absolute atomic E-state index is 0.0128. The number of hydrogen-bond acceptors (Lipinski definition) is 3. The van der Waals surface area contributed by atoms with E-state index in [1.54, 1.807) is 0 Å². The predicted molar refractivity (Wildman–Crippen MR) is 93.8 cm³/mol. The van der Waals surface area contributed by atoms with Gasteiger partial charge in [-0.1, -0.05) is 18.2 Å². The fraction of sp³-hybridized carbons (Fsp3) is 0.500. The van der Waals surface area contributed by atoms with Crippen LogP contribution in [0.1, 0.15) is 17.5 Å². The number of nitrogens with zero attached hydrogens (tertiary/aromatic N) is 1. The Morgan fingerprint density at radius 1 is 1.28 bits per heavy atom. The van der Waals surface area contributed by atoms with Gasteiger partial charge < -0.3 is 15.0 Å². The summed E-state index contributed by atoms with van der Waals surface area (Å²) in [6.07, 6.45) is -2.35. The normalized spacial score (nSPS) is 16.1. The molecule has 3 N–H and O–H groups in total. The second kappa shape index (κ2) is 9.69. The number of morpholine rings is 1. The standard InChI is InChI=1S/C16H21F3N4OS/c17-16(18,19)14-5-2-1-4-13(14)12-21-22-15(25)20-6-3-7-23-8-10-24-11-9-23/h1-2,4-5,12H,3,6-11H2,(H2,20,22,25)/p+1/b21-12-. The van der Waals surface area contributed by atoms with E-state index in [4.69, 9.17) is 17.0 Å². The predicted octanol–water partition coefficient (Wildman–Crippen LogP) is 0.809. The van der Waals surface area contributed by atoms with Gasteiger partial charge in [0, 0.05) is 18.5 Å². The van der Waals surface area contributed by atoms with Crippen LogP contribution in [0, 0.1) is 0 Å². The Bertz CT molecular complexity index is 589. The third-order valence-corrected chi connectivity index (χ3v) is 4.06. The second-order valence-electron chi connectivity index (χ2n) is 5.68. The first-order chi connectivity index (χ1) is 12.0. The molecule has 0 bridgehead atoms. The van der Waals surface area contributed by atoms with Gasteiger partial charge in [-0.15, -0.1) is 0 Å². The third-order valence-electron chi connectivity index (χ3n) is 3.83. The average molecular weight is 375 g/mol. The van der Waals surface area contributed by atoms with Crippen LogP contribution in [0.5, 0.6) is 0 Å². The van der Waals surface area contributed by atoms with Gasteiger partial charge >= 0.3 is 6.18 Å². The molecular formula is C16H22F3N4OS+. The van der Waals surface area contributed by atoms with E-state index >= 15 is 0 Å². The number of benzene rings is 1. The average Bonchev–Trinajstić information content (AvgIpc) is 2.59. The van der Waals surface area contributed by atoms with Gasteiger partial charge in [0.15, 0.2) is 5.11 Å². The number of hydrazone groups is 1. The number of thiocarbonyl (C=S) groups is 1. The largest absolute Gasteiger partial charge is 0.417 e. The SMILES string of the molecule is FC(F)(F)c1ccccc1/C=N\NC(=S)NCCC[NH+]1CCOCC1. The lowest BCUT2D eigenvalue weighted by molar-refractivity contribution is -0.908. The van der Waals surface area contributed by atoms with Gasteiger partial charge in [0.05, 0.1) is 31.5 Å². The Hall–Kier alpha value is -1.71. The van der Waals surface area contributed by atoms with E-state index in [0.717, 1.165) is 51.5 Å². The number of halogens is 3. The lowest BCUT2D eigenvalue weighted by Gasteiger charge is -2.23. The van der Waals surface area contributed by atoms with E-state index in [9.17, 15) is 13.2 Å². The topological polar surface area (TPSA) is 50.1 Å². The van der Waals surface area contributed by atoms with E-state index in [2.05, 4.69) is 15.8 Å². The van der Waals surface area contributed by atoms with Crippen LogP contribution in [0.3, 0.4) is 0 Å². The highest BCUT2D eigenvalue weighted by atomic mass is 32.1. The van der Waals surface area contributed by atoms with Gasteiger partial charge in [-0.3, -0.25) is 5.43 Å². The summed E-state index contributed by atoms with van der Waals surface area (Å²) >= 11 is 5.06. The molecule has 0 atom stereocenters. The van der Waals surface area contributed by atoms with Crippen molar-refractivity contribution in [2.24, 2.45) is 5.10 Å². The molecule has 2 rings (SSSR count). The summed E-state index contributed by atoms with van der Waals surface area (Å²) in [5.41, 5.74) is 1.80. The Morgan fingerprint density at radius 2 is 2.00 bits per heavy atom. The molecule has 0 aromatic heterocycles. The molecule has 1 saturated heterocycles. The fourth-order valence-corrected chi connectivity index (χ4v) is 2.67. The molecule has 0 radical (unpaired) electrons. The van der Waals surface area contributed by atoms with E-state index < -0.39 is 11.7 Å². The van der Waals surface area contributed by atoms with Gasteiger partial charge in [-0.25, -0.2) is 0 Å². The summed E-state index contributed by atoms with van der Waals surface area (Å²) in [7, 11) is 0. The smallest absolute Gasteiger partial charge is 0.370 e. The van der Waals surface area contributed by atoms with Crippen molar-refractivity contribution in [2.75, 3.05) is 39.4 Å². The molecule has 0 spiro atoms. The number of hydrogen-bond donors (Lipinski definition) is 3. The van der Waals surface area contributed by atoms with E-state index in [0.29, 0.717) is 6.54 Å². The van der Waals surface area contributed by atoms with Crippen LogP contribution in [0.25, 0.3) is 0 Å².